The first-order chi connectivity index (χ1) is 9.68. The minimum atomic E-state index is -4.73. The van der Waals surface area contributed by atoms with Gasteiger partial charge < -0.3 is 5.11 Å². The van der Waals surface area contributed by atoms with Gasteiger partial charge in [-0.1, -0.05) is 11.6 Å². The Balaban J connectivity index is 2.66. The predicted molar refractivity (Wildman–Crippen MR) is 66.6 cm³/mol. The van der Waals surface area contributed by atoms with Crippen LogP contribution in [-0.2, 0) is 6.18 Å². The molecule has 0 atom stereocenters. The number of carbonyl (C=O) groups is 1. The minimum Gasteiger partial charge on any atom is -0.478 e. The van der Waals surface area contributed by atoms with Crippen molar-refractivity contribution < 1.29 is 27.5 Å². The van der Waals surface area contributed by atoms with Crippen LogP contribution in [-0.4, -0.2) is 16.1 Å². The molecule has 21 heavy (non-hydrogen) atoms. The van der Waals surface area contributed by atoms with Crippen molar-refractivity contribution in [3.63, 3.8) is 0 Å². The average Bonchev–Trinajstić information content (AvgIpc) is 2.35. The summed E-state index contributed by atoms with van der Waals surface area (Å²) < 4.78 is 51.0. The Morgan fingerprint density at radius 2 is 1.86 bits per heavy atom. The van der Waals surface area contributed by atoms with E-state index in [0.717, 1.165) is 12.1 Å². The largest absolute Gasteiger partial charge is 0.478 e. The molecular formula is C13H6ClF4NO2. The molecule has 0 radical (unpaired) electrons. The maximum Gasteiger partial charge on any atom is 0.417 e. The third kappa shape index (κ3) is 3.30. The molecule has 8 heteroatoms. The smallest absolute Gasteiger partial charge is 0.417 e. The van der Waals surface area contributed by atoms with Gasteiger partial charge in [-0.05, 0) is 24.3 Å². The lowest BCUT2D eigenvalue weighted by molar-refractivity contribution is -0.137. The predicted octanol–water partition coefficient (Wildman–Crippen LogP) is 4.26. The maximum atomic E-state index is 13.3. The van der Waals surface area contributed by atoms with Crippen LogP contribution in [0.25, 0.3) is 11.3 Å². The summed E-state index contributed by atoms with van der Waals surface area (Å²) in [5.74, 6) is -2.36. The summed E-state index contributed by atoms with van der Waals surface area (Å²) in [5, 5.41) is 9.00. The van der Waals surface area contributed by atoms with E-state index in [9.17, 15) is 22.4 Å². The van der Waals surface area contributed by atoms with Crippen molar-refractivity contribution in [2.75, 3.05) is 0 Å². The van der Waals surface area contributed by atoms with Crippen LogP contribution in [0.3, 0.4) is 0 Å². The van der Waals surface area contributed by atoms with Crippen molar-refractivity contribution in [3.8, 4) is 11.3 Å². The Kier molecular flexibility index (Phi) is 3.87. The molecule has 1 aromatic carbocycles. The molecule has 1 aromatic heterocycles. The van der Waals surface area contributed by atoms with Crippen LogP contribution in [0.5, 0.6) is 0 Å². The normalized spacial score (nSPS) is 11.5. The molecule has 0 saturated heterocycles. The Bertz CT molecular complexity index is 696. The van der Waals surface area contributed by atoms with Crippen molar-refractivity contribution >= 4 is 17.6 Å². The summed E-state index contributed by atoms with van der Waals surface area (Å²) in [7, 11) is 0. The summed E-state index contributed by atoms with van der Waals surface area (Å²) >= 11 is 5.64. The lowest BCUT2D eigenvalue weighted by Gasteiger charge is -2.10. The number of benzene rings is 1. The highest BCUT2D eigenvalue weighted by molar-refractivity contribution is 6.30. The molecule has 110 valence electrons. The first kappa shape index (κ1) is 15.2. The van der Waals surface area contributed by atoms with E-state index in [2.05, 4.69) is 4.98 Å². The number of hydrogen-bond acceptors (Lipinski definition) is 2. The van der Waals surface area contributed by atoms with E-state index in [-0.39, 0.29) is 16.3 Å². The van der Waals surface area contributed by atoms with E-state index in [4.69, 9.17) is 16.7 Å². The van der Waals surface area contributed by atoms with Gasteiger partial charge in [-0.15, -0.1) is 0 Å². The van der Waals surface area contributed by atoms with Crippen molar-refractivity contribution in [2.24, 2.45) is 0 Å². The lowest BCUT2D eigenvalue weighted by atomic mass is 10.0. The Morgan fingerprint density at radius 3 is 2.38 bits per heavy atom. The fourth-order valence-corrected chi connectivity index (χ4v) is 1.93. The van der Waals surface area contributed by atoms with Crippen LogP contribution < -0.4 is 0 Å². The molecule has 0 bridgehead atoms. The van der Waals surface area contributed by atoms with Gasteiger partial charge in [-0.2, -0.15) is 13.2 Å². The molecule has 0 aliphatic heterocycles. The minimum absolute atomic E-state index is 0.0221. The standard InChI is InChI=1S/C13H6ClF4NO2/c14-8-1-6(2-9(15)4-8)11-10(12(20)21)3-7(5-19-11)13(16,17)18/h1-5H,(H,20,21). The first-order valence-corrected chi connectivity index (χ1v) is 5.83. The molecule has 1 heterocycles. The van der Waals surface area contributed by atoms with Crippen LogP contribution in [0.1, 0.15) is 15.9 Å². The molecule has 0 saturated carbocycles. The topological polar surface area (TPSA) is 50.2 Å². The van der Waals surface area contributed by atoms with E-state index in [1.165, 1.54) is 6.07 Å². The number of aromatic carboxylic acids is 1. The zero-order valence-corrected chi connectivity index (χ0v) is 10.8. The quantitative estimate of drug-likeness (QED) is 0.841. The number of halogens is 5. The van der Waals surface area contributed by atoms with Crippen molar-refractivity contribution in [3.05, 3.63) is 52.4 Å². The van der Waals surface area contributed by atoms with Gasteiger partial charge in [-0.3, -0.25) is 4.98 Å². The van der Waals surface area contributed by atoms with Crippen LogP contribution in [0.15, 0.2) is 30.5 Å². The number of pyridine rings is 1. The van der Waals surface area contributed by atoms with Gasteiger partial charge in [0.1, 0.15) is 5.82 Å². The second-order valence-corrected chi connectivity index (χ2v) is 4.52. The molecule has 2 rings (SSSR count). The van der Waals surface area contributed by atoms with Crippen LogP contribution in [0, 0.1) is 5.82 Å². The van der Waals surface area contributed by atoms with Crippen LogP contribution in [0.4, 0.5) is 17.6 Å². The molecule has 0 aliphatic rings. The molecule has 2 aromatic rings. The highest BCUT2D eigenvalue weighted by Gasteiger charge is 2.32. The lowest BCUT2D eigenvalue weighted by Crippen LogP contribution is -2.10. The number of carboxylic acid groups (broad SMARTS) is 1. The number of aromatic nitrogens is 1. The first-order valence-electron chi connectivity index (χ1n) is 5.45. The molecule has 3 nitrogen and oxygen atoms in total. The summed E-state index contributed by atoms with van der Waals surface area (Å²) in [6, 6.07) is 3.58. The molecule has 0 fully saturated rings. The third-order valence-electron chi connectivity index (χ3n) is 2.58. The van der Waals surface area contributed by atoms with E-state index < -0.39 is 29.1 Å². The fourth-order valence-electron chi connectivity index (χ4n) is 1.70. The SMILES string of the molecule is O=C(O)c1cc(C(F)(F)F)cnc1-c1cc(F)cc(Cl)c1. The summed E-state index contributed by atoms with van der Waals surface area (Å²) in [6.07, 6.45) is -4.24. The number of rotatable bonds is 2. The van der Waals surface area contributed by atoms with Crippen LogP contribution >= 0.6 is 11.6 Å². The summed E-state index contributed by atoms with van der Waals surface area (Å²) in [6.45, 7) is 0. The van der Waals surface area contributed by atoms with Gasteiger partial charge in [0, 0.05) is 16.8 Å². The number of carboxylic acids is 1. The Hall–Kier alpha value is -2.15. The van der Waals surface area contributed by atoms with Crippen molar-refractivity contribution in [1.29, 1.82) is 0 Å². The molecule has 1 N–H and O–H groups in total. The molecule has 0 aliphatic carbocycles. The monoisotopic (exact) mass is 319 g/mol. The summed E-state index contributed by atoms with van der Waals surface area (Å²) in [5.41, 5.74) is -2.21. The number of nitrogens with zero attached hydrogens (tertiary/aromatic N) is 1. The van der Waals surface area contributed by atoms with Gasteiger partial charge in [0.2, 0.25) is 0 Å². The zero-order chi connectivity index (χ0) is 15.8. The van der Waals surface area contributed by atoms with Crippen molar-refractivity contribution in [1.82, 2.24) is 4.98 Å². The number of alkyl halides is 3. The third-order valence-corrected chi connectivity index (χ3v) is 2.80. The highest BCUT2D eigenvalue weighted by Crippen LogP contribution is 2.32. The van der Waals surface area contributed by atoms with E-state index in [1.54, 1.807) is 0 Å². The van der Waals surface area contributed by atoms with E-state index in [0.29, 0.717) is 12.3 Å². The van der Waals surface area contributed by atoms with Gasteiger partial charge in [0.25, 0.3) is 0 Å². The summed E-state index contributed by atoms with van der Waals surface area (Å²) in [4.78, 5) is 14.6. The second kappa shape index (κ2) is 5.33. The van der Waals surface area contributed by atoms with Crippen molar-refractivity contribution in [2.45, 2.75) is 6.18 Å². The second-order valence-electron chi connectivity index (χ2n) is 4.08. The van der Waals surface area contributed by atoms with Gasteiger partial charge in [0.15, 0.2) is 0 Å². The van der Waals surface area contributed by atoms with Gasteiger partial charge >= 0.3 is 12.1 Å². The fraction of sp³-hybridized carbons (Fsp3) is 0.0769. The zero-order valence-electron chi connectivity index (χ0n) is 10.1. The van der Waals surface area contributed by atoms with E-state index >= 15 is 0 Å². The Labute approximate surface area is 120 Å². The maximum absolute atomic E-state index is 13.3. The van der Waals surface area contributed by atoms with Gasteiger partial charge in [-0.25, -0.2) is 9.18 Å². The molecular weight excluding hydrogens is 314 g/mol. The highest BCUT2D eigenvalue weighted by atomic mass is 35.5. The van der Waals surface area contributed by atoms with Gasteiger partial charge in [0.05, 0.1) is 16.8 Å². The molecule has 0 unspecified atom stereocenters. The average molecular weight is 320 g/mol. The molecule has 0 amide bonds. The number of hydrogen-bond donors (Lipinski definition) is 1. The Morgan fingerprint density at radius 1 is 1.19 bits per heavy atom. The molecule has 0 spiro atoms. The van der Waals surface area contributed by atoms with E-state index in [1.807, 2.05) is 0 Å². The van der Waals surface area contributed by atoms with Crippen LogP contribution in [0.2, 0.25) is 5.02 Å².